The Labute approximate surface area is 123 Å². The molecule has 0 spiro atoms. The van der Waals surface area contributed by atoms with Gasteiger partial charge >= 0.3 is 0 Å². The lowest BCUT2D eigenvalue weighted by atomic mass is 10.2. The van der Waals surface area contributed by atoms with Gasteiger partial charge in [-0.3, -0.25) is 4.57 Å². The first-order valence-electron chi connectivity index (χ1n) is 6.56. The standard InChI is InChI=1S/C16H17N3S/c1-11-6-4-9-14-15(11)17-16(20)19(14)13-8-5-7-12(10-13)18(2)3/h4-10H,1-3H3,(H,17,20). The van der Waals surface area contributed by atoms with Gasteiger partial charge in [0.25, 0.3) is 0 Å². The minimum Gasteiger partial charge on any atom is -0.378 e. The van der Waals surface area contributed by atoms with Crippen molar-refractivity contribution in [1.82, 2.24) is 9.55 Å². The number of nitrogens with one attached hydrogen (secondary N) is 1. The molecule has 1 N–H and O–H groups in total. The number of para-hydroxylation sites is 1. The molecule has 0 aliphatic heterocycles. The monoisotopic (exact) mass is 283 g/mol. The Morgan fingerprint density at radius 2 is 1.85 bits per heavy atom. The SMILES string of the molecule is Cc1cccc2c1[nH]c(=S)n2-c1cccc(N(C)C)c1. The van der Waals surface area contributed by atoms with Crippen LogP contribution >= 0.6 is 12.2 Å². The first-order valence-corrected chi connectivity index (χ1v) is 6.97. The highest BCUT2D eigenvalue weighted by Crippen LogP contribution is 2.24. The van der Waals surface area contributed by atoms with Crippen molar-refractivity contribution in [2.75, 3.05) is 19.0 Å². The molecule has 0 fully saturated rings. The third-order valence-electron chi connectivity index (χ3n) is 3.53. The minimum absolute atomic E-state index is 0.727. The van der Waals surface area contributed by atoms with E-state index in [2.05, 4.69) is 63.8 Å². The maximum Gasteiger partial charge on any atom is 0.182 e. The molecule has 102 valence electrons. The average Bonchev–Trinajstić information content (AvgIpc) is 2.77. The van der Waals surface area contributed by atoms with Crippen molar-refractivity contribution in [3.8, 4) is 5.69 Å². The number of rotatable bonds is 2. The van der Waals surface area contributed by atoms with E-state index in [4.69, 9.17) is 12.2 Å². The second-order valence-electron chi connectivity index (χ2n) is 5.15. The third-order valence-corrected chi connectivity index (χ3v) is 3.82. The van der Waals surface area contributed by atoms with Crippen molar-refractivity contribution in [3.63, 3.8) is 0 Å². The van der Waals surface area contributed by atoms with Gasteiger partial charge in [-0.15, -0.1) is 0 Å². The van der Waals surface area contributed by atoms with Gasteiger partial charge in [0.1, 0.15) is 0 Å². The lowest BCUT2D eigenvalue weighted by molar-refractivity contribution is 1.05. The molecule has 0 atom stereocenters. The largest absolute Gasteiger partial charge is 0.378 e. The Bertz CT molecular complexity index is 827. The molecule has 3 nitrogen and oxygen atoms in total. The Balaban J connectivity index is 2.30. The number of benzene rings is 2. The molecule has 0 bridgehead atoms. The Morgan fingerprint density at radius 1 is 1.10 bits per heavy atom. The lowest BCUT2D eigenvalue weighted by Gasteiger charge is -2.14. The quantitative estimate of drug-likeness (QED) is 0.717. The zero-order valence-electron chi connectivity index (χ0n) is 11.8. The van der Waals surface area contributed by atoms with Crippen molar-refractivity contribution in [2.45, 2.75) is 6.92 Å². The van der Waals surface area contributed by atoms with Gasteiger partial charge in [-0.2, -0.15) is 0 Å². The Kier molecular flexibility index (Phi) is 3.10. The van der Waals surface area contributed by atoms with Gasteiger partial charge < -0.3 is 9.88 Å². The highest BCUT2D eigenvalue weighted by Gasteiger charge is 2.08. The first-order chi connectivity index (χ1) is 9.58. The van der Waals surface area contributed by atoms with Crippen molar-refractivity contribution < 1.29 is 0 Å². The smallest absolute Gasteiger partial charge is 0.182 e. The van der Waals surface area contributed by atoms with E-state index in [9.17, 15) is 0 Å². The number of fused-ring (bicyclic) bond motifs is 1. The molecule has 0 amide bonds. The summed E-state index contributed by atoms with van der Waals surface area (Å²) in [6.07, 6.45) is 0. The molecule has 1 heterocycles. The highest BCUT2D eigenvalue weighted by molar-refractivity contribution is 7.71. The second-order valence-corrected chi connectivity index (χ2v) is 5.54. The average molecular weight is 283 g/mol. The van der Waals surface area contributed by atoms with Crippen LogP contribution in [0.4, 0.5) is 5.69 Å². The van der Waals surface area contributed by atoms with Crippen LogP contribution in [0.15, 0.2) is 42.5 Å². The number of aryl methyl sites for hydroxylation is 1. The van der Waals surface area contributed by atoms with Gasteiger partial charge in [0.2, 0.25) is 0 Å². The van der Waals surface area contributed by atoms with Crippen molar-refractivity contribution >= 4 is 28.9 Å². The topological polar surface area (TPSA) is 24.0 Å². The maximum absolute atomic E-state index is 5.50. The summed E-state index contributed by atoms with van der Waals surface area (Å²) < 4.78 is 2.82. The van der Waals surface area contributed by atoms with Crippen LogP contribution in [0.3, 0.4) is 0 Å². The van der Waals surface area contributed by atoms with Crippen LogP contribution in [0.1, 0.15) is 5.56 Å². The molecule has 0 unspecified atom stereocenters. The molecule has 0 radical (unpaired) electrons. The summed E-state index contributed by atoms with van der Waals surface area (Å²) in [5.41, 5.74) is 5.67. The zero-order valence-corrected chi connectivity index (χ0v) is 12.7. The molecule has 0 saturated carbocycles. The van der Waals surface area contributed by atoms with E-state index in [1.54, 1.807) is 0 Å². The number of imidazole rings is 1. The van der Waals surface area contributed by atoms with Gasteiger partial charge in [0.05, 0.1) is 16.7 Å². The fourth-order valence-corrected chi connectivity index (χ4v) is 2.75. The molecule has 4 heteroatoms. The van der Waals surface area contributed by atoms with Crippen LogP contribution < -0.4 is 4.90 Å². The van der Waals surface area contributed by atoms with Gasteiger partial charge in [-0.1, -0.05) is 18.2 Å². The van der Waals surface area contributed by atoms with E-state index >= 15 is 0 Å². The number of hydrogen-bond acceptors (Lipinski definition) is 2. The first kappa shape index (κ1) is 12.9. The van der Waals surface area contributed by atoms with Crippen LogP contribution in [-0.2, 0) is 0 Å². The van der Waals surface area contributed by atoms with E-state index in [1.165, 1.54) is 5.56 Å². The molecular formula is C16H17N3S. The number of aromatic nitrogens is 2. The van der Waals surface area contributed by atoms with Crippen LogP contribution in [-0.4, -0.2) is 23.6 Å². The molecule has 0 aliphatic carbocycles. The fourth-order valence-electron chi connectivity index (χ4n) is 2.44. The Morgan fingerprint density at radius 3 is 2.60 bits per heavy atom. The molecule has 1 aromatic heterocycles. The van der Waals surface area contributed by atoms with E-state index in [1.807, 2.05) is 14.1 Å². The van der Waals surface area contributed by atoms with Gasteiger partial charge in [-0.25, -0.2) is 0 Å². The van der Waals surface area contributed by atoms with E-state index < -0.39 is 0 Å². The summed E-state index contributed by atoms with van der Waals surface area (Å²) in [5, 5.41) is 0. The number of anilines is 1. The van der Waals surface area contributed by atoms with Gasteiger partial charge in [0, 0.05) is 19.8 Å². The Hall–Kier alpha value is -2.07. The van der Waals surface area contributed by atoms with Crippen molar-refractivity contribution in [3.05, 3.63) is 52.8 Å². The van der Waals surface area contributed by atoms with Crippen LogP contribution in [0, 0.1) is 11.7 Å². The number of H-pyrrole nitrogens is 1. The fraction of sp³-hybridized carbons (Fsp3) is 0.188. The molecular weight excluding hydrogens is 266 g/mol. The summed E-state index contributed by atoms with van der Waals surface area (Å²) >= 11 is 5.50. The molecule has 20 heavy (non-hydrogen) atoms. The molecule has 0 saturated heterocycles. The normalized spacial score (nSPS) is 10.9. The summed E-state index contributed by atoms with van der Waals surface area (Å²) in [7, 11) is 4.08. The summed E-state index contributed by atoms with van der Waals surface area (Å²) in [6, 6.07) is 14.6. The van der Waals surface area contributed by atoms with Crippen molar-refractivity contribution in [1.29, 1.82) is 0 Å². The summed E-state index contributed by atoms with van der Waals surface area (Å²) in [6.45, 7) is 2.09. The van der Waals surface area contributed by atoms with E-state index in [0.29, 0.717) is 0 Å². The summed E-state index contributed by atoms with van der Waals surface area (Å²) in [4.78, 5) is 5.40. The van der Waals surface area contributed by atoms with Crippen LogP contribution in [0.2, 0.25) is 0 Å². The van der Waals surface area contributed by atoms with Crippen LogP contribution in [0.5, 0.6) is 0 Å². The van der Waals surface area contributed by atoms with Gasteiger partial charge in [-0.05, 0) is 49.0 Å². The zero-order chi connectivity index (χ0) is 14.3. The molecule has 2 aromatic carbocycles. The van der Waals surface area contributed by atoms with E-state index in [0.717, 1.165) is 27.2 Å². The molecule has 0 aliphatic rings. The molecule has 3 aromatic rings. The number of hydrogen-bond donors (Lipinski definition) is 1. The number of aromatic amines is 1. The number of nitrogens with zero attached hydrogens (tertiary/aromatic N) is 2. The summed E-state index contributed by atoms with van der Waals surface area (Å²) in [5.74, 6) is 0. The minimum atomic E-state index is 0.727. The predicted octanol–water partition coefficient (Wildman–Crippen LogP) is 4.06. The van der Waals surface area contributed by atoms with Gasteiger partial charge in [0.15, 0.2) is 4.77 Å². The van der Waals surface area contributed by atoms with E-state index in [-0.39, 0.29) is 0 Å². The predicted molar refractivity (Wildman–Crippen MR) is 87.5 cm³/mol. The maximum atomic E-state index is 5.50. The van der Waals surface area contributed by atoms with Crippen LogP contribution in [0.25, 0.3) is 16.7 Å². The van der Waals surface area contributed by atoms with Crippen molar-refractivity contribution in [2.24, 2.45) is 0 Å². The highest BCUT2D eigenvalue weighted by atomic mass is 32.1. The third kappa shape index (κ3) is 2.02. The lowest BCUT2D eigenvalue weighted by Crippen LogP contribution is -2.09. The molecule has 3 rings (SSSR count). The second kappa shape index (κ2) is 4.80.